The molecule has 1 aromatic heterocycles. The molecule has 2 N–H and O–H groups in total. The van der Waals surface area contributed by atoms with Crippen molar-refractivity contribution in [3.8, 4) is 11.5 Å². The number of imidazole rings is 1. The number of Topliss-reactive ketones (excluding diaryl/α,β-unsaturated/α-hetero) is 1. The largest absolute Gasteiger partial charge is 0.507 e. The summed E-state index contributed by atoms with van der Waals surface area (Å²) in [6, 6.07) is 20.4. The molecule has 194 valence electrons. The minimum Gasteiger partial charge on any atom is -0.507 e. The van der Waals surface area contributed by atoms with E-state index in [2.05, 4.69) is 9.97 Å². The minimum absolute atomic E-state index is 0.0117. The van der Waals surface area contributed by atoms with Gasteiger partial charge in [-0.05, 0) is 69.7 Å². The number of benzene rings is 3. The van der Waals surface area contributed by atoms with Crippen molar-refractivity contribution < 1.29 is 24.2 Å². The van der Waals surface area contributed by atoms with E-state index in [1.165, 1.54) is 4.90 Å². The number of carbonyl (C=O) groups excluding carboxylic acids is 2. The summed E-state index contributed by atoms with van der Waals surface area (Å²) >= 11 is 0. The Balaban J connectivity index is 1.66. The van der Waals surface area contributed by atoms with E-state index in [-0.39, 0.29) is 29.5 Å². The number of ketones is 1. The van der Waals surface area contributed by atoms with Gasteiger partial charge >= 0.3 is 5.91 Å². The molecule has 0 bridgehead atoms. The zero-order valence-electron chi connectivity index (χ0n) is 21.6. The van der Waals surface area contributed by atoms with Gasteiger partial charge in [-0.25, -0.2) is 4.98 Å². The van der Waals surface area contributed by atoms with Crippen LogP contribution in [0.1, 0.15) is 44.9 Å². The maximum absolute atomic E-state index is 13.5. The van der Waals surface area contributed by atoms with Crippen LogP contribution in [0.3, 0.4) is 0 Å². The van der Waals surface area contributed by atoms with Gasteiger partial charge in [0.2, 0.25) is 5.95 Å². The Morgan fingerprint density at radius 3 is 2.26 bits per heavy atom. The van der Waals surface area contributed by atoms with Gasteiger partial charge < -0.3 is 19.6 Å². The number of aromatic nitrogens is 2. The lowest BCUT2D eigenvalue weighted by atomic mass is 9.95. The quantitative estimate of drug-likeness (QED) is 0.186. The number of hydrogen-bond acceptors (Lipinski definition) is 6. The Bertz CT molecular complexity index is 1500. The second-order valence-corrected chi connectivity index (χ2v) is 9.68. The van der Waals surface area contributed by atoms with Gasteiger partial charge in [0.15, 0.2) is 0 Å². The summed E-state index contributed by atoms with van der Waals surface area (Å²) in [5.41, 5.74) is 2.34. The van der Waals surface area contributed by atoms with Crippen LogP contribution in [-0.4, -0.2) is 39.0 Å². The lowest BCUT2D eigenvalue weighted by Gasteiger charge is -2.23. The highest BCUT2D eigenvalue weighted by molar-refractivity contribution is 6.51. The van der Waals surface area contributed by atoms with Crippen molar-refractivity contribution in [3.05, 3.63) is 89.5 Å². The summed E-state index contributed by atoms with van der Waals surface area (Å²) in [7, 11) is 0. The molecule has 4 aromatic rings. The third kappa shape index (κ3) is 4.72. The second-order valence-electron chi connectivity index (χ2n) is 9.68. The predicted molar refractivity (Wildman–Crippen MR) is 145 cm³/mol. The highest BCUT2D eigenvalue weighted by Gasteiger charge is 2.48. The Labute approximate surface area is 220 Å². The van der Waals surface area contributed by atoms with Gasteiger partial charge in [-0.15, -0.1) is 0 Å². The number of aliphatic hydroxyl groups excluding tert-OH is 1. The van der Waals surface area contributed by atoms with Crippen LogP contribution in [-0.2, 0) is 9.59 Å². The fraction of sp³-hybridized carbons (Fsp3) is 0.233. The molecule has 1 saturated heterocycles. The van der Waals surface area contributed by atoms with Gasteiger partial charge in [-0.1, -0.05) is 36.4 Å². The first kappa shape index (κ1) is 25.1. The summed E-state index contributed by atoms with van der Waals surface area (Å²) in [6.45, 7) is 7.67. The Hall–Kier alpha value is -4.59. The van der Waals surface area contributed by atoms with Gasteiger partial charge in [0.05, 0.1) is 34.9 Å². The molecule has 0 saturated carbocycles. The van der Waals surface area contributed by atoms with Crippen molar-refractivity contribution in [3.63, 3.8) is 0 Å². The van der Waals surface area contributed by atoms with Crippen LogP contribution in [0.25, 0.3) is 16.8 Å². The summed E-state index contributed by atoms with van der Waals surface area (Å²) in [6.07, 6.45) is -0.0833. The van der Waals surface area contributed by atoms with E-state index < -0.39 is 17.7 Å². The Morgan fingerprint density at radius 1 is 0.895 bits per heavy atom. The van der Waals surface area contributed by atoms with Crippen LogP contribution in [0.2, 0.25) is 0 Å². The van der Waals surface area contributed by atoms with Crippen molar-refractivity contribution in [2.45, 2.75) is 45.9 Å². The topological polar surface area (TPSA) is 105 Å². The molecular formula is C30H29N3O5. The van der Waals surface area contributed by atoms with Crippen LogP contribution >= 0.6 is 0 Å². The number of rotatable bonds is 7. The van der Waals surface area contributed by atoms with Gasteiger partial charge in [0, 0.05) is 5.56 Å². The van der Waals surface area contributed by atoms with E-state index in [1.807, 2.05) is 52.0 Å². The SMILES string of the molecule is CC(C)Oc1ccc(C2/C(=C(\O)c3cccc(OC(C)C)c3)C(=O)C(=O)N2c2nc3ccccc3[nH]2)cc1. The first-order valence-electron chi connectivity index (χ1n) is 12.5. The monoisotopic (exact) mass is 511 g/mol. The van der Waals surface area contributed by atoms with Gasteiger partial charge in [0.25, 0.3) is 5.78 Å². The van der Waals surface area contributed by atoms with Crippen molar-refractivity contribution >= 4 is 34.4 Å². The molecule has 0 spiro atoms. The fourth-order valence-electron chi connectivity index (χ4n) is 4.57. The first-order valence-corrected chi connectivity index (χ1v) is 12.5. The van der Waals surface area contributed by atoms with Crippen molar-refractivity contribution in [2.75, 3.05) is 4.90 Å². The number of aliphatic hydroxyl groups is 1. The molecule has 2 heterocycles. The third-order valence-corrected chi connectivity index (χ3v) is 6.10. The number of fused-ring (bicyclic) bond motifs is 1. The molecule has 1 fully saturated rings. The highest BCUT2D eigenvalue weighted by Crippen LogP contribution is 2.42. The van der Waals surface area contributed by atoms with E-state index in [0.717, 1.165) is 5.52 Å². The van der Waals surface area contributed by atoms with Crippen molar-refractivity contribution in [1.82, 2.24) is 9.97 Å². The maximum Gasteiger partial charge on any atom is 0.302 e. The summed E-state index contributed by atoms with van der Waals surface area (Å²) in [4.78, 5) is 36.0. The number of ether oxygens (including phenoxy) is 2. The molecule has 5 rings (SSSR count). The summed E-state index contributed by atoms with van der Waals surface area (Å²) in [5.74, 6) is -0.455. The predicted octanol–water partition coefficient (Wildman–Crippen LogP) is 5.76. The van der Waals surface area contributed by atoms with Gasteiger partial charge in [0.1, 0.15) is 17.3 Å². The van der Waals surface area contributed by atoms with Crippen LogP contribution in [0.5, 0.6) is 11.5 Å². The molecular weight excluding hydrogens is 482 g/mol. The molecule has 1 unspecified atom stereocenters. The lowest BCUT2D eigenvalue weighted by Crippen LogP contribution is -2.30. The molecule has 1 aliphatic rings. The van der Waals surface area contributed by atoms with Gasteiger partial charge in [-0.2, -0.15) is 0 Å². The zero-order valence-corrected chi connectivity index (χ0v) is 21.6. The Kier molecular flexibility index (Phi) is 6.63. The number of hydrogen-bond donors (Lipinski definition) is 2. The summed E-state index contributed by atoms with van der Waals surface area (Å²) in [5, 5.41) is 11.4. The molecule has 1 aliphatic heterocycles. The highest BCUT2D eigenvalue weighted by atomic mass is 16.5. The van der Waals surface area contributed by atoms with Gasteiger partial charge in [-0.3, -0.25) is 14.5 Å². The number of nitrogens with zero attached hydrogens (tertiary/aromatic N) is 2. The Morgan fingerprint density at radius 2 is 1.58 bits per heavy atom. The van der Waals surface area contributed by atoms with Crippen LogP contribution in [0, 0.1) is 0 Å². The zero-order chi connectivity index (χ0) is 27.0. The van der Waals surface area contributed by atoms with Crippen molar-refractivity contribution in [1.29, 1.82) is 0 Å². The van der Waals surface area contributed by atoms with E-state index in [9.17, 15) is 14.7 Å². The summed E-state index contributed by atoms with van der Waals surface area (Å²) < 4.78 is 11.5. The first-order chi connectivity index (χ1) is 18.2. The normalized spacial score (nSPS) is 17.1. The number of H-pyrrole nitrogens is 1. The molecule has 38 heavy (non-hydrogen) atoms. The number of aromatic amines is 1. The fourth-order valence-corrected chi connectivity index (χ4v) is 4.57. The number of para-hydroxylation sites is 2. The van der Waals surface area contributed by atoms with E-state index in [1.54, 1.807) is 48.5 Å². The molecule has 1 amide bonds. The van der Waals surface area contributed by atoms with Crippen LogP contribution < -0.4 is 14.4 Å². The molecule has 0 radical (unpaired) electrons. The number of carbonyl (C=O) groups is 2. The van der Waals surface area contributed by atoms with Crippen LogP contribution in [0.4, 0.5) is 5.95 Å². The van der Waals surface area contributed by atoms with E-state index >= 15 is 0 Å². The molecule has 8 heteroatoms. The smallest absolute Gasteiger partial charge is 0.302 e. The minimum atomic E-state index is -0.918. The number of nitrogens with one attached hydrogen (secondary N) is 1. The average Bonchev–Trinajstić information content (AvgIpc) is 3.42. The standard InChI is InChI=1S/C30H29N3O5/c1-17(2)37-21-14-12-19(13-15-21)26-25(27(34)20-8-7-9-22(16-20)38-18(3)4)28(35)29(36)33(26)30-31-23-10-5-6-11-24(23)32-30/h5-18,26,34H,1-4H3,(H,31,32)/b27-25+. The maximum atomic E-state index is 13.5. The molecule has 3 aromatic carbocycles. The lowest BCUT2D eigenvalue weighted by molar-refractivity contribution is -0.132. The number of anilines is 1. The second kappa shape index (κ2) is 10.0. The van der Waals surface area contributed by atoms with E-state index in [4.69, 9.17) is 9.47 Å². The van der Waals surface area contributed by atoms with Crippen LogP contribution in [0.15, 0.2) is 78.4 Å². The average molecular weight is 512 g/mol. The molecule has 0 aliphatic carbocycles. The van der Waals surface area contributed by atoms with Crippen molar-refractivity contribution in [2.24, 2.45) is 0 Å². The molecule has 8 nitrogen and oxygen atoms in total. The third-order valence-electron chi connectivity index (χ3n) is 6.10. The molecule has 1 atom stereocenters. The van der Waals surface area contributed by atoms with E-state index in [0.29, 0.717) is 28.1 Å². The number of amides is 1.